The largest absolute Gasteiger partial charge is 0.377 e. The highest BCUT2D eigenvalue weighted by molar-refractivity contribution is 7.12. The normalized spacial score (nSPS) is 18.2. The lowest BCUT2D eigenvalue weighted by Gasteiger charge is -2.17. The molecule has 1 N–H and O–H groups in total. The van der Waals surface area contributed by atoms with E-state index in [9.17, 15) is 0 Å². The fourth-order valence-electron chi connectivity index (χ4n) is 1.80. The first-order valence-corrected chi connectivity index (χ1v) is 6.63. The number of hydrogen-bond acceptors (Lipinski definition) is 3. The number of ether oxygens (including phenoxy) is 1. The first-order valence-electron chi connectivity index (χ1n) is 5.81. The van der Waals surface area contributed by atoms with Crippen molar-refractivity contribution in [1.29, 1.82) is 0 Å². The lowest BCUT2D eigenvalue weighted by molar-refractivity contribution is 0.148. The Hall–Kier alpha value is -0.640. The Balaban J connectivity index is 1.83. The molecule has 0 saturated carbocycles. The number of nitrogens with one attached hydrogen (secondary N) is 1. The predicted molar refractivity (Wildman–Crippen MR) is 69.0 cm³/mol. The van der Waals surface area contributed by atoms with Crippen molar-refractivity contribution in [2.45, 2.75) is 26.3 Å². The minimum absolute atomic E-state index is 0.432. The minimum atomic E-state index is 0.432. The van der Waals surface area contributed by atoms with Crippen LogP contribution in [0, 0.1) is 6.92 Å². The standard InChI is InChI=1S/C13H19NOS/c1-10-5-6-13(16-10)11(2)14-8-12-4-3-7-15-9-12/h4-6,11,14H,3,7-9H2,1-2H3. The van der Waals surface area contributed by atoms with E-state index in [1.807, 2.05) is 11.3 Å². The van der Waals surface area contributed by atoms with Crippen molar-refractivity contribution >= 4 is 11.3 Å². The van der Waals surface area contributed by atoms with Gasteiger partial charge < -0.3 is 10.1 Å². The van der Waals surface area contributed by atoms with Gasteiger partial charge in [0.15, 0.2) is 0 Å². The predicted octanol–water partition coefficient (Wildman–Crippen LogP) is 3.05. The third kappa shape index (κ3) is 3.17. The third-order valence-corrected chi connectivity index (χ3v) is 3.99. The van der Waals surface area contributed by atoms with Crippen molar-refractivity contribution < 1.29 is 4.74 Å². The Morgan fingerprint density at radius 2 is 2.38 bits per heavy atom. The van der Waals surface area contributed by atoms with Gasteiger partial charge in [-0.15, -0.1) is 11.3 Å². The molecular weight excluding hydrogens is 218 g/mol. The van der Waals surface area contributed by atoms with Crippen molar-refractivity contribution in [3.8, 4) is 0 Å². The summed E-state index contributed by atoms with van der Waals surface area (Å²) in [4.78, 5) is 2.79. The SMILES string of the molecule is Cc1ccc(C(C)NCC2=CCCOC2)s1. The Kier molecular flexibility index (Phi) is 4.16. The third-order valence-electron chi connectivity index (χ3n) is 2.81. The molecule has 0 bridgehead atoms. The molecule has 16 heavy (non-hydrogen) atoms. The fraction of sp³-hybridized carbons (Fsp3) is 0.538. The van der Waals surface area contributed by atoms with Crippen molar-refractivity contribution in [3.63, 3.8) is 0 Å². The van der Waals surface area contributed by atoms with Gasteiger partial charge in [-0.25, -0.2) is 0 Å². The lowest BCUT2D eigenvalue weighted by atomic mass is 10.2. The maximum atomic E-state index is 5.42. The molecule has 1 atom stereocenters. The molecular formula is C13H19NOS. The molecule has 2 heterocycles. The van der Waals surface area contributed by atoms with Crippen LogP contribution in [0.25, 0.3) is 0 Å². The van der Waals surface area contributed by atoms with Crippen LogP contribution in [0.1, 0.15) is 29.1 Å². The number of thiophene rings is 1. The molecule has 88 valence electrons. The summed E-state index contributed by atoms with van der Waals surface area (Å²) >= 11 is 1.87. The van der Waals surface area contributed by atoms with Crippen molar-refractivity contribution in [2.75, 3.05) is 19.8 Å². The Labute approximate surface area is 101 Å². The lowest BCUT2D eigenvalue weighted by Crippen LogP contribution is -2.23. The monoisotopic (exact) mass is 237 g/mol. The fourth-order valence-corrected chi connectivity index (χ4v) is 2.71. The smallest absolute Gasteiger partial charge is 0.0689 e. The van der Waals surface area contributed by atoms with Crippen LogP contribution in [-0.2, 0) is 4.74 Å². The highest BCUT2D eigenvalue weighted by Crippen LogP contribution is 2.22. The quantitative estimate of drug-likeness (QED) is 0.813. The van der Waals surface area contributed by atoms with Crippen molar-refractivity contribution in [1.82, 2.24) is 5.32 Å². The molecule has 1 aliphatic heterocycles. The zero-order chi connectivity index (χ0) is 11.4. The molecule has 0 spiro atoms. The van der Waals surface area contributed by atoms with Crippen molar-refractivity contribution in [3.05, 3.63) is 33.5 Å². The molecule has 1 aromatic rings. The van der Waals surface area contributed by atoms with E-state index in [4.69, 9.17) is 4.74 Å². The van der Waals surface area contributed by atoms with E-state index in [2.05, 4.69) is 37.4 Å². The van der Waals surface area contributed by atoms with Gasteiger partial charge in [0.1, 0.15) is 0 Å². The summed E-state index contributed by atoms with van der Waals surface area (Å²) in [6.45, 7) is 6.98. The average Bonchev–Trinajstić information content (AvgIpc) is 2.74. The van der Waals surface area contributed by atoms with Gasteiger partial charge in [0, 0.05) is 22.3 Å². The van der Waals surface area contributed by atoms with Crippen LogP contribution in [0.4, 0.5) is 0 Å². The Bertz CT molecular complexity index is 370. The molecule has 0 aliphatic carbocycles. The number of rotatable bonds is 4. The van der Waals surface area contributed by atoms with Crippen LogP contribution < -0.4 is 5.32 Å². The van der Waals surface area contributed by atoms with Gasteiger partial charge in [-0.2, -0.15) is 0 Å². The summed E-state index contributed by atoms with van der Waals surface area (Å²) in [5.74, 6) is 0. The van der Waals surface area contributed by atoms with E-state index in [1.165, 1.54) is 15.3 Å². The molecule has 0 fully saturated rings. The summed E-state index contributed by atoms with van der Waals surface area (Å²) in [5, 5.41) is 3.54. The van der Waals surface area contributed by atoms with E-state index >= 15 is 0 Å². The van der Waals surface area contributed by atoms with Gasteiger partial charge in [-0.05, 0) is 38.0 Å². The highest BCUT2D eigenvalue weighted by atomic mass is 32.1. The molecule has 1 unspecified atom stereocenters. The highest BCUT2D eigenvalue weighted by Gasteiger charge is 2.09. The number of aryl methyl sites for hydroxylation is 1. The summed E-state index contributed by atoms with van der Waals surface area (Å²) in [6.07, 6.45) is 3.35. The second-order valence-corrected chi connectivity index (χ2v) is 5.57. The second-order valence-electron chi connectivity index (χ2n) is 4.25. The molecule has 0 saturated heterocycles. The average molecular weight is 237 g/mol. The molecule has 1 aromatic heterocycles. The van der Waals surface area contributed by atoms with Crippen LogP contribution in [0.3, 0.4) is 0 Å². The van der Waals surface area contributed by atoms with E-state index in [-0.39, 0.29) is 0 Å². The molecule has 1 aliphatic rings. The molecule has 2 rings (SSSR count). The van der Waals surface area contributed by atoms with Gasteiger partial charge in [0.05, 0.1) is 13.2 Å². The first-order chi connectivity index (χ1) is 7.75. The summed E-state index contributed by atoms with van der Waals surface area (Å²) in [7, 11) is 0. The van der Waals surface area contributed by atoms with Gasteiger partial charge in [0.2, 0.25) is 0 Å². The maximum absolute atomic E-state index is 5.42. The van der Waals surface area contributed by atoms with Gasteiger partial charge >= 0.3 is 0 Å². The molecule has 0 aromatic carbocycles. The van der Waals surface area contributed by atoms with Crippen LogP contribution in [0.2, 0.25) is 0 Å². The van der Waals surface area contributed by atoms with Gasteiger partial charge in [-0.1, -0.05) is 6.08 Å². The zero-order valence-electron chi connectivity index (χ0n) is 9.95. The van der Waals surface area contributed by atoms with E-state index < -0.39 is 0 Å². The molecule has 3 heteroatoms. The van der Waals surface area contributed by atoms with Gasteiger partial charge in [0.25, 0.3) is 0 Å². The molecule has 0 amide bonds. The van der Waals surface area contributed by atoms with Crippen LogP contribution in [0.5, 0.6) is 0 Å². The topological polar surface area (TPSA) is 21.3 Å². The Morgan fingerprint density at radius 3 is 3.00 bits per heavy atom. The summed E-state index contributed by atoms with van der Waals surface area (Å²) < 4.78 is 5.42. The van der Waals surface area contributed by atoms with E-state index in [0.29, 0.717) is 6.04 Å². The van der Waals surface area contributed by atoms with E-state index in [0.717, 1.165) is 26.2 Å². The molecule has 2 nitrogen and oxygen atoms in total. The van der Waals surface area contributed by atoms with Crippen LogP contribution in [-0.4, -0.2) is 19.8 Å². The molecule has 0 radical (unpaired) electrons. The van der Waals surface area contributed by atoms with Crippen LogP contribution in [0.15, 0.2) is 23.8 Å². The summed E-state index contributed by atoms with van der Waals surface area (Å²) in [5.41, 5.74) is 1.38. The second kappa shape index (κ2) is 5.62. The minimum Gasteiger partial charge on any atom is -0.377 e. The van der Waals surface area contributed by atoms with E-state index in [1.54, 1.807) is 0 Å². The number of hydrogen-bond donors (Lipinski definition) is 1. The van der Waals surface area contributed by atoms with Crippen molar-refractivity contribution in [2.24, 2.45) is 0 Å². The summed E-state index contributed by atoms with van der Waals surface area (Å²) in [6, 6.07) is 4.83. The maximum Gasteiger partial charge on any atom is 0.0689 e. The van der Waals surface area contributed by atoms with Crippen LogP contribution >= 0.6 is 11.3 Å². The van der Waals surface area contributed by atoms with Gasteiger partial charge in [-0.3, -0.25) is 0 Å². The zero-order valence-corrected chi connectivity index (χ0v) is 10.8. The Morgan fingerprint density at radius 1 is 1.50 bits per heavy atom. The first kappa shape index (κ1) is 11.8.